The summed E-state index contributed by atoms with van der Waals surface area (Å²) in [6.07, 6.45) is 3.81. The number of carboxylic acids is 1. The Morgan fingerprint density at radius 3 is 2.55 bits per heavy atom. The summed E-state index contributed by atoms with van der Waals surface area (Å²) >= 11 is 1.50. The summed E-state index contributed by atoms with van der Waals surface area (Å²) in [7, 11) is 0. The van der Waals surface area contributed by atoms with Crippen molar-refractivity contribution >= 4 is 34.1 Å². The van der Waals surface area contributed by atoms with E-state index in [1.807, 2.05) is 43.3 Å². The Labute approximate surface area is 185 Å². The van der Waals surface area contributed by atoms with E-state index in [4.69, 9.17) is 0 Å². The number of nitrogens with zero attached hydrogens (tertiary/aromatic N) is 1. The number of rotatable bonds is 8. The molecular weight excluding hydrogens is 408 g/mol. The number of nitrogens with one attached hydrogen (secondary N) is 1. The van der Waals surface area contributed by atoms with Gasteiger partial charge in [-0.2, -0.15) is 0 Å². The van der Waals surface area contributed by atoms with Crippen LogP contribution in [-0.2, 0) is 6.54 Å². The van der Waals surface area contributed by atoms with Crippen LogP contribution in [0.2, 0.25) is 0 Å². The van der Waals surface area contributed by atoms with Crippen molar-refractivity contribution < 1.29 is 14.7 Å². The molecule has 5 nitrogen and oxygen atoms in total. The molecule has 0 saturated heterocycles. The number of amides is 1. The highest BCUT2D eigenvalue weighted by molar-refractivity contribution is 7.13. The smallest absolute Gasteiger partial charge is 0.335 e. The number of hydrogen-bond acceptors (Lipinski definition) is 3. The zero-order valence-electron chi connectivity index (χ0n) is 17.3. The molecule has 0 spiro atoms. The van der Waals surface area contributed by atoms with Crippen LogP contribution in [0, 0.1) is 6.92 Å². The van der Waals surface area contributed by atoms with Crippen LogP contribution in [0.5, 0.6) is 0 Å². The Hall–Kier alpha value is -3.38. The average molecular weight is 433 g/mol. The fourth-order valence-corrected chi connectivity index (χ4v) is 4.49. The molecule has 0 atom stereocenters. The Morgan fingerprint density at radius 2 is 1.84 bits per heavy atom. The van der Waals surface area contributed by atoms with Crippen LogP contribution in [0.4, 0.5) is 0 Å². The average Bonchev–Trinajstić information content (AvgIpc) is 3.37. The number of carbonyl (C=O) groups is 2. The second-order valence-corrected chi connectivity index (χ2v) is 8.80. The topological polar surface area (TPSA) is 71.3 Å². The van der Waals surface area contributed by atoms with Crippen molar-refractivity contribution in [2.75, 3.05) is 6.54 Å². The lowest BCUT2D eigenvalue weighted by Gasteiger charge is -2.07. The molecular formula is C25H24N2O3S. The molecule has 6 heteroatoms. The minimum atomic E-state index is -0.928. The van der Waals surface area contributed by atoms with Crippen molar-refractivity contribution in [3.63, 3.8) is 0 Å². The van der Waals surface area contributed by atoms with Gasteiger partial charge in [-0.1, -0.05) is 36.4 Å². The summed E-state index contributed by atoms with van der Waals surface area (Å²) in [5, 5.41) is 13.4. The fourth-order valence-electron chi connectivity index (χ4n) is 3.71. The van der Waals surface area contributed by atoms with Crippen LogP contribution in [-0.4, -0.2) is 28.1 Å². The molecule has 1 amide bonds. The lowest BCUT2D eigenvalue weighted by Crippen LogP contribution is -2.23. The maximum atomic E-state index is 12.2. The third-order valence-electron chi connectivity index (χ3n) is 5.29. The van der Waals surface area contributed by atoms with Gasteiger partial charge >= 0.3 is 5.97 Å². The molecule has 2 aromatic heterocycles. The molecule has 0 unspecified atom stereocenters. The van der Waals surface area contributed by atoms with Gasteiger partial charge in [0.25, 0.3) is 5.91 Å². The first-order valence-electron chi connectivity index (χ1n) is 10.3. The van der Waals surface area contributed by atoms with Crippen LogP contribution < -0.4 is 5.32 Å². The summed E-state index contributed by atoms with van der Waals surface area (Å²) in [5.41, 5.74) is 3.39. The zero-order valence-corrected chi connectivity index (χ0v) is 18.1. The minimum absolute atomic E-state index is 0.0259. The van der Waals surface area contributed by atoms with Gasteiger partial charge in [0, 0.05) is 40.6 Å². The molecule has 4 rings (SSSR count). The molecule has 31 heavy (non-hydrogen) atoms. The van der Waals surface area contributed by atoms with Crippen LogP contribution in [0.1, 0.15) is 37.7 Å². The number of aromatic carboxylic acids is 1. The predicted octanol–water partition coefficient (Wildman–Crippen LogP) is 5.59. The first kappa shape index (κ1) is 20.9. The Kier molecular flexibility index (Phi) is 6.18. The standard InChI is InChI=1S/C25H24N2O3S/c1-17-9-12-23(31-17)24(28)26-13-5-6-14-27-16-21(18-7-3-2-4-8-18)20-11-10-19(25(29)30)15-22(20)27/h2-4,7-12,15-16H,5-6,13-14H2,1H3,(H,26,28)(H,29,30). The van der Waals surface area contributed by atoms with E-state index in [9.17, 15) is 14.7 Å². The second-order valence-electron chi connectivity index (χ2n) is 7.51. The van der Waals surface area contributed by atoms with Crippen molar-refractivity contribution in [1.29, 1.82) is 0 Å². The van der Waals surface area contributed by atoms with Gasteiger partial charge < -0.3 is 15.0 Å². The maximum Gasteiger partial charge on any atom is 0.335 e. The molecule has 0 radical (unpaired) electrons. The third kappa shape index (κ3) is 4.70. The van der Waals surface area contributed by atoms with Gasteiger partial charge in [0.2, 0.25) is 0 Å². The van der Waals surface area contributed by atoms with Crippen molar-refractivity contribution in [1.82, 2.24) is 9.88 Å². The first-order chi connectivity index (χ1) is 15.0. The predicted molar refractivity (Wildman–Crippen MR) is 125 cm³/mol. The highest BCUT2D eigenvalue weighted by Crippen LogP contribution is 2.31. The van der Waals surface area contributed by atoms with Gasteiger partial charge in [-0.3, -0.25) is 4.79 Å². The number of fused-ring (bicyclic) bond motifs is 1. The van der Waals surface area contributed by atoms with Gasteiger partial charge in [-0.05, 0) is 49.6 Å². The second kappa shape index (κ2) is 9.18. The Bertz CT molecular complexity index is 1220. The molecule has 0 aliphatic heterocycles. The van der Waals surface area contributed by atoms with E-state index in [-0.39, 0.29) is 11.5 Å². The van der Waals surface area contributed by atoms with Crippen molar-refractivity contribution in [2.24, 2.45) is 0 Å². The van der Waals surface area contributed by atoms with Gasteiger partial charge in [-0.25, -0.2) is 4.79 Å². The fraction of sp³-hybridized carbons (Fsp3) is 0.200. The number of benzene rings is 2. The van der Waals surface area contributed by atoms with E-state index < -0.39 is 5.97 Å². The van der Waals surface area contributed by atoms with E-state index in [1.54, 1.807) is 12.1 Å². The molecule has 0 aliphatic carbocycles. The lowest BCUT2D eigenvalue weighted by molar-refractivity contribution is 0.0696. The van der Waals surface area contributed by atoms with E-state index in [0.717, 1.165) is 51.2 Å². The van der Waals surface area contributed by atoms with Gasteiger partial charge in [0.05, 0.1) is 10.4 Å². The van der Waals surface area contributed by atoms with Crippen molar-refractivity contribution in [2.45, 2.75) is 26.3 Å². The minimum Gasteiger partial charge on any atom is -0.478 e. The number of unbranched alkanes of at least 4 members (excludes halogenated alkanes) is 1. The van der Waals surface area contributed by atoms with E-state index in [1.165, 1.54) is 11.3 Å². The molecule has 0 aliphatic rings. The Balaban J connectivity index is 1.47. The first-order valence-corrected chi connectivity index (χ1v) is 11.1. The molecule has 2 aromatic carbocycles. The maximum absolute atomic E-state index is 12.2. The zero-order chi connectivity index (χ0) is 21.8. The normalized spacial score (nSPS) is 11.0. The number of thiophene rings is 1. The summed E-state index contributed by atoms with van der Waals surface area (Å²) < 4.78 is 2.12. The molecule has 0 saturated carbocycles. The summed E-state index contributed by atoms with van der Waals surface area (Å²) in [6, 6.07) is 19.2. The largest absolute Gasteiger partial charge is 0.478 e. The number of carbonyl (C=O) groups excluding carboxylic acids is 1. The lowest BCUT2D eigenvalue weighted by atomic mass is 10.0. The highest BCUT2D eigenvalue weighted by Gasteiger charge is 2.13. The summed E-state index contributed by atoms with van der Waals surface area (Å²) in [5.74, 6) is -0.954. The summed E-state index contributed by atoms with van der Waals surface area (Å²) in [6.45, 7) is 3.35. The molecule has 2 heterocycles. The van der Waals surface area contributed by atoms with Crippen molar-refractivity contribution in [3.05, 3.63) is 82.2 Å². The van der Waals surface area contributed by atoms with Gasteiger partial charge in [-0.15, -0.1) is 11.3 Å². The van der Waals surface area contributed by atoms with Gasteiger partial charge in [0.15, 0.2) is 0 Å². The molecule has 4 aromatic rings. The number of hydrogen-bond donors (Lipinski definition) is 2. The number of aromatic nitrogens is 1. The molecule has 2 N–H and O–H groups in total. The molecule has 0 bridgehead atoms. The molecule has 158 valence electrons. The number of aryl methyl sites for hydroxylation is 2. The molecule has 0 fully saturated rings. The Morgan fingerprint density at radius 1 is 1.03 bits per heavy atom. The van der Waals surface area contributed by atoms with E-state index in [2.05, 4.69) is 28.2 Å². The van der Waals surface area contributed by atoms with Crippen LogP contribution >= 0.6 is 11.3 Å². The van der Waals surface area contributed by atoms with Crippen LogP contribution in [0.3, 0.4) is 0 Å². The third-order valence-corrected chi connectivity index (χ3v) is 6.29. The van der Waals surface area contributed by atoms with E-state index >= 15 is 0 Å². The number of carboxylic acid groups (broad SMARTS) is 1. The van der Waals surface area contributed by atoms with E-state index in [0.29, 0.717) is 6.54 Å². The SMILES string of the molecule is Cc1ccc(C(=O)NCCCCn2cc(-c3ccccc3)c3ccc(C(=O)O)cc32)s1. The van der Waals surface area contributed by atoms with Gasteiger partial charge in [0.1, 0.15) is 0 Å². The van der Waals surface area contributed by atoms with Crippen molar-refractivity contribution in [3.8, 4) is 11.1 Å². The van der Waals surface area contributed by atoms with Crippen LogP contribution in [0.25, 0.3) is 22.0 Å². The van der Waals surface area contributed by atoms with Crippen LogP contribution in [0.15, 0.2) is 66.9 Å². The summed E-state index contributed by atoms with van der Waals surface area (Å²) in [4.78, 5) is 25.5. The quantitative estimate of drug-likeness (QED) is 0.357. The monoisotopic (exact) mass is 432 g/mol. The highest BCUT2D eigenvalue weighted by atomic mass is 32.1.